The summed E-state index contributed by atoms with van der Waals surface area (Å²) in [6, 6.07) is 6.46. The first-order valence-electron chi connectivity index (χ1n) is 6.79. The van der Waals surface area contributed by atoms with Crippen LogP contribution < -0.4 is 0 Å². The van der Waals surface area contributed by atoms with Crippen molar-refractivity contribution in [2.75, 3.05) is 0 Å². The van der Waals surface area contributed by atoms with Gasteiger partial charge >= 0.3 is 0 Å². The van der Waals surface area contributed by atoms with Crippen molar-refractivity contribution >= 4 is 5.69 Å². The van der Waals surface area contributed by atoms with Crippen LogP contribution in [-0.2, 0) is 13.6 Å². The van der Waals surface area contributed by atoms with E-state index in [1.807, 2.05) is 35.7 Å². The van der Waals surface area contributed by atoms with Gasteiger partial charge in [0.05, 0.1) is 23.9 Å². The molecule has 0 N–H and O–H groups in total. The molecule has 22 heavy (non-hydrogen) atoms. The Balaban J connectivity index is 1.81. The minimum Gasteiger partial charge on any atom is -0.273 e. The van der Waals surface area contributed by atoms with Crippen molar-refractivity contribution in [2.24, 2.45) is 7.05 Å². The number of aryl methyl sites for hydroxylation is 1. The van der Waals surface area contributed by atoms with E-state index in [4.69, 9.17) is 0 Å². The van der Waals surface area contributed by atoms with Gasteiger partial charge in [0.2, 0.25) is 0 Å². The normalized spacial score (nSPS) is 10.8. The van der Waals surface area contributed by atoms with Crippen molar-refractivity contribution in [2.45, 2.75) is 13.5 Å². The summed E-state index contributed by atoms with van der Waals surface area (Å²) in [5.41, 5.74) is 4.13. The second-order valence-corrected chi connectivity index (χ2v) is 5.11. The first kappa shape index (κ1) is 14.0. The highest BCUT2D eigenvalue weighted by atomic mass is 16.6. The summed E-state index contributed by atoms with van der Waals surface area (Å²) in [6.45, 7) is 2.66. The van der Waals surface area contributed by atoms with Gasteiger partial charge in [0.1, 0.15) is 0 Å². The molecule has 0 amide bonds. The average Bonchev–Trinajstić information content (AvgIpc) is 3.10. The molecule has 2 aromatic heterocycles. The van der Waals surface area contributed by atoms with Crippen molar-refractivity contribution in [3.8, 4) is 11.1 Å². The van der Waals surface area contributed by atoms with Gasteiger partial charge in [-0.3, -0.25) is 19.5 Å². The zero-order chi connectivity index (χ0) is 15.7. The molecule has 0 bridgehead atoms. The lowest BCUT2D eigenvalue weighted by Gasteiger charge is -2.01. The topological polar surface area (TPSA) is 78.8 Å². The number of aromatic nitrogens is 4. The van der Waals surface area contributed by atoms with E-state index in [0.29, 0.717) is 6.54 Å². The van der Waals surface area contributed by atoms with Crippen LogP contribution in [0.3, 0.4) is 0 Å². The predicted molar refractivity (Wildman–Crippen MR) is 81.4 cm³/mol. The van der Waals surface area contributed by atoms with Crippen LogP contribution in [0.5, 0.6) is 0 Å². The molecular formula is C15H15N5O2. The minimum absolute atomic E-state index is 0.0853. The van der Waals surface area contributed by atoms with Gasteiger partial charge < -0.3 is 0 Å². The Morgan fingerprint density at radius 3 is 2.45 bits per heavy atom. The monoisotopic (exact) mass is 297 g/mol. The average molecular weight is 297 g/mol. The molecule has 0 saturated carbocycles. The van der Waals surface area contributed by atoms with Crippen LogP contribution in [0, 0.1) is 17.0 Å². The van der Waals surface area contributed by atoms with E-state index < -0.39 is 4.92 Å². The lowest BCUT2D eigenvalue weighted by atomic mass is 10.1. The number of hydrogen-bond donors (Lipinski definition) is 0. The number of rotatable bonds is 4. The summed E-state index contributed by atoms with van der Waals surface area (Å²) in [4.78, 5) is 10.3. The zero-order valence-corrected chi connectivity index (χ0v) is 12.3. The third kappa shape index (κ3) is 2.60. The fourth-order valence-corrected chi connectivity index (χ4v) is 2.25. The molecular weight excluding hydrogens is 282 g/mol. The van der Waals surface area contributed by atoms with Gasteiger partial charge in [-0.15, -0.1) is 0 Å². The van der Waals surface area contributed by atoms with Gasteiger partial charge in [-0.1, -0.05) is 0 Å². The molecule has 1 aromatic carbocycles. The van der Waals surface area contributed by atoms with Crippen LogP contribution in [0.4, 0.5) is 5.69 Å². The second-order valence-electron chi connectivity index (χ2n) is 5.11. The van der Waals surface area contributed by atoms with Crippen molar-refractivity contribution in [1.29, 1.82) is 0 Å². The number of benzene rings is 1. The molecule has 0 fully saturated rings. The number of nitro benzene ring substituents is 1. The van der Waals surface area contributed by atoms with Crippen molar-refractivity contribution in [3.63, 3.8) is 0 Å². The van der Waals surface area contributed by atoms with E-state index in [9.17, 15) is 10.1 Å². The molecule has 0 radical (unpaired) electrons. The highest BCUT2D eigenvalue weighted by Gasteiger charge is 2.08. The molecule has 7 nitrogen and oxygen atoms in total. The highest BCUT2D eigenvalue weighted by molar-refractivity contribution is 5.63. The summed E-state index contributed by atoms with van der Waals surface area (Å²) < 4.78 is 3.66. The highest BCUT2D eigenvalue weighted by Crippen LogP contribution is 2.22. The van der Waals surface area contributed by atoms with Gasteiger partial charge in [-0.25, -0.2) is 0 Å². The summed E-state index contributed by atoms with van der Waals surface area (Å²) in [5.74, 6) is 0. The van der Waals surface area contributed by atoms with Crippen LogP contribution in [0.1, 0.15) is 11.3 Å². The van der Waals surface area contributed by atoms with Crippen LogP contribution in [0.25, 0.3) is 11.1 Å². The number of nitro groups is 1. The van der Waals surface area contributed by atoms with E-state index in [0.717, 1.165) is 22.4 Å². The largest absolute Gasteiger partial charge is 0.273 e. The maximum absolute atomic E-state index is 10.7. The Labute approximate surface area is 127 Å². The van der Waals surface area contributed by atoms with Crippen molar-refractivity contribution < 1.29 is 4.92 Å². The summed E-state index contributed by atoms with van der Waals surface area (Å²) in [7, 11) is 1.91. The van der Waals surface area contributed by atoms with E-state index >= 15 is 0 Å². The van der Waals surface area contributed by atoms with E-state index in [1.165, 1.54) is 12.1 Å². The van der Waals surface area contributed by atoms with Gasteiger partial charge in [0.25, 0.3) is 5.69 Å². The quantitative estimate of drug-likeness (QED) is 0.547. The zero-order valence-electron chi connectivity index (χ0n) is 12.3. The Bertz CT molecular complexity index is 817. The summed E-state index contributed by atoms with van der Waals surface area (Å²) in [5, 5.41) is 19.2. The van der Waals surface area contributed by atoms with Gasteiger partial charge in [0.15, 0.2) is 0 Å². The molecule has 7 heteroatoms. The molecule has 3 rings (SSSR count). The molecule has 0 aliphatic rings. The Morgan fingerprint density at radius 2 is 1.86 bits per heavy atom. The van der Waals surface area contributed by atoms with Gasteiger partial charge in [-0.2, -0.15) is 10.2 Å². The van der Waals surface area contributed by atoms with Gasteiger partial charge in [-0.05, 0) is 24.6 Å². The molecule has 0 atom stereocenters. The third-order valence-corrected chi connectivity index (χ3v) is 3.71. The lowest BCUT2D eigenvalue weighted by molar-refractivity contribution is -0.384. The molecule has 112 valence electrons. The lowest BCUT2D eigenvalue weighted by Crippen LogP contribution is -2.01. The van der Waals surface area contributed by atoms with E-state index in [2.05, 4.69) is 10.2 Å². The number of non-ortho nitro benzene ring substituents is 1. The standard InChI is InChI=1S/C15H15N5O2/c1-11-13(7-16-18(11)2)9-19-10-14(8-17-19)12-3-5-15(6-4-12)20(21)22/h3-8,10H,9H2,1-2H3. The fraction of sp³-hybridized carbons (Fsp3) is 0.200. The summed E-state index contributed by atoms with van der Waals surface area (Å²) >= 11 is 0. The number of hydrogen-bond acceptors (Lipinski definition) is 4. The minimum atomic E-state index is -0.404. The van der Waals surface area contributed by atoms with Crippen LogP contribution >= 0.6 is 0 Å². The van der Waals surface area contributed by atoms with Crippen molar-refractivity contribution in [3.05, 3.63) is 64.2 Å². The third-order valence-electron chi connectivity index (χ3n) is 3.71. The first-order valence-corrected chi connectivity index (χ1v) is 6.79. The molecule has 0 spiro atoms. The molecule has 0 aliphatic heterocycles. The Kier molecular flexibility index (Phi) is 3.46. The van der Waals surface area contributed by atoms with Crippen LogP contribution in [0.2, 0.25) is 0 Å². The molecule has 0 saturated heterocycles. The Morgan fingerprint density at radius 1 is 1.14 bits per heavy atom. The maximum Gasteiger partial charge on any atom is 0.269 e. The first-order chi connectivity index (χ1) is 10.5. The molecule has 2 heterocycles. The van der Waals surface area contributed by atoms with E-state index in [-0.39, 0.29) is 5.69 Å². The maximum atomic E-state index is 10.7. The van der Waals surface area contributed by atoms with Crippen LogP contribution in [-0.4, -0.2) is 24.5 Å². The Hall–Kier alpha value is -2.96. The summed E-state index contributed by atoms with van der Waals surface area (Å²) in [6.07, 6.45) is 5.52. The predicted octanol–water partition coefficient (Wildman–Crippen LogP) is 2.55. The van der Waals surface area contributed by atoms with Crippen molar-refractivity contribution in [1.82, 2.24) is 19.6 Å². The fourth-order valence-electron chi connectivity index (χ4n) is 2.25. The molecule has 0 aliphatic carbocycles. The van der Waals surface area contributed by atoms with Gasteiger partial charge in [0, 0.05) is 42.2 Å². The SMILES string of the molecule is Cc1c(Cn2cc(-c3ccc([N+](=O)[O-])cc3)cn2)cnn1C. The number of nitrogens with zero attached hydrogens (tertiary/aromatic N) is 5. The van der Waals surface area contributed by atoms with E-state index in [1.54, 1.807) is 18.3 Å². The second kappa shape index (κ2) is 5.44. The molecule has 3 aromatic rings. The molecule has 0 unspecified atom stereocenters. The smallest absolute Gasteiger partial charge is 0.269 e. The van der Waals surface area contributed by atoms with Crippen LogP contribution in [0.15, 0.2) is 42.9 Å².